The van der Waals surface area contributed by atoms with Crippen molar-refractivity contribution in [2.75, 3.05) is 19.8 Å². The number of morpholine rings is 1. The fourth-order valence-electron chi connectivity index (χ4n) is 2.17. The molecule has 1 saturated heterocycles. The van der Waals surface area contributed by atoms with Gasteiger partial charge in [0.2, 0.25) is 5.91 Å². The zero-order valence-electron chi connectivity index (χ0n) is 7.61. The molecule has 0 bridgehead atoms. The molecule has 0 aromatic rings. The minimum atomic E-state index is -0.318. The summed E-state index contributed by atoms with van der Waals surface area (Å²) in [5.74, 6) is 0.0252. The van der Waals surface area contributed by atoms with Gasteiger partial charge in [0.25, 0.3) is 0 Å². The molecule has 2 atom stereocenters. The fourth-order valence-corrected chi connectivity index (χ4v) is 2.17. The Balaban J connectivity index is 2.01. The quantitative estimate of drug-likeness (QED) is 0.613. The Morgan fingerprint density at radius 2 is 2.31 bits per heavy atom. The van der Waals surface area contributed by atoms with Crippen molar-refractivity contribution in [3.63, 3.8) is 0 Å². The van der Waals surface area contributed by atoms with E-state index in [2.05, 4.69) is 0 Å². The molecule has 0 aromatic carbocycles. The zero-order chi connectivity index (χ0) is 9.26. The number of aliphatic hydroxyl groups excluding tert-OH is 1. The lowest BCUT2D eigenvalue weighted by atomic mass is 10.1. The smallest absolute Gasteiger partial charge is 0.248 e. The van der Waals surface area contributed by atoms with E-state index < -0.39 is 0 Å². The first kappa shape index (κ1) is 8.97. The number of amides is 1. The van der Waals surface area contributed by atoms with Crippen LogP contribution in [-0.2, 0) is 9.53 Å². The van der Waals surface area contributed by atoms with Crippen LogP contribution in [0.3, 0.4) is 0 Å². The van der Waals surface area contributed by atoms with E-state index in [9.17, 15) is 9.90 Å². The van der Waals surface area contributed by atoms with Crippen molar-refractivity contribution in [3.05, 3.63) is 0 Å². The molecule has 1 aliphatic carbocycles. The topological polar surface area (TPSA) is 49.8 Å². The highest BCUT2D eigenvalue weighted by Crippen LogP contribution is 2.24. The zero-order valence-corrected chi connectivity index (χ0v) is 7.61. The van der Waals surface area contributed by atoms with Gasteiger partial charge in [0.15, 0.2) is 0 Å². The lowest BCUT2D eigenvalue weighted by Crippen LogP contribution is -2.50. The summed E-state index contributed by atoms with van der Waals surface area (Å²) in [6.07, 6.45) is 2.47. The minimum absolute atomic E-state index is 0.0252. The second-order valence-corrected chi connectivity index (χ2v) is 3.71. The highest BCUT2D eigenvalue weighted by Gasteiger charge is 2.34. The standard InChI is InChI=1S/C9H15NO3/c11-8-3-1-2-7(8)10-4-5-13-6-9(10)12/h7-8,11H,1-6H2/t7-,8-/m0/s1. The Morgan fingerprint density at radius 1 is 1.46 bits per heavy atom. The molecule has 0 radical (unpaired) electrons. The van der Waals surface area contributed by atoms with Crippen molar-refractivity contribution in [1.29, 1.82) is 0 Å². The van der Waals surface area contributed by atoms with Crippen LogP contribution in [-0.4, -0.2) is 47.8 Å². The number of nitrogens with zero attached hydrogens (tertiary/aromatic N) is 1. The van der Waals surface area contributed by atoms with Gasteiger partial charge in [0.1, 0.15) is 6.61 Å². The maximum atomic E-state index is 11.4. The van der Waals surface area contributed by atoms with E-state index >= 15 is 0 Å². The van der Waals surface area contributed by atoms with Crippen molar-refractivity contribution < 1.29 is 14.6 Å². The van der Waals surface area contributed by atoms with E-state index in [0.29, 0.717) is 13.2 Å². The Morgan fingerprint density at radius 3 is 2.92 bits per heavy atom. The van der Waals surface area contributed by atoms with Gasteiger partial charge in [0.05, 0.1) is 18.8 Å². The lowest BCUT2D eigenvalue weighted by molar-refractivity contribution is -0.147. The number of hydrogen-bond donors (Lipinski definition) is 1. The summed E-state index contributed by atoms with van der Waals surface area (Å²) in [5, 5.41) is 9.62. The molecule has 1 aliphatic heterocycles. The van der Waals surface area contributed by atoms with Crippen LogP contribution in [0, 0.1) is 0 Å². The van der Waals surface area contributed by atoms with Crippen LogP contribution in [0.4, 0.5) is 0 Å². The Kier molecular flexibility index (Phi) is 2.51. The Hall–Kier alpha value is -0.610. The van der Waals surface area contributed by atoms with Gasteiger partial charge in [-0.1, -0.05) is 0 Å². The number of rotatable bonds is 1. The van der Waals surface area contributed by atoms with Gasteiger partial charge in [-0.15, -0.1) is 0 Å². The summed E-state index contributed by atoms with van der Waals surface area (Å²) >= 11 is 0. The summed E-state index contributed by atoms with van der Waals surface area (Å²) in [4.78, 5) is 13.2. The summed E-state index contributed by atoms with van der Waals surface area (Å²) < 4.78 is 5.03. The van der Waals surface area contributed by atoms with Crippen molar-refractivity contribution in [2.24, 2.45) is 0 Å². The molecule has 4 nitrogen and oxygen atoms in total. The molecule has 0 spiro atoms. The first-order valence-electron chi connectivity index (χ1n) is 4.84. The third kappa shape index (κ3) is 1.69. The van der Waals surface area contributed by atoms with Crippen LogP contribution in [0.25, 0.3) is 0 Å². The molecule has 0 aromatic heterocycles. The maximum absolute atomic E-state index is 11.4. The first-order chi connectivity index (χ1) is 6.29. The van der Waals surface area contributed by atoms with Crippen molar-refractivity contribution >= 4 is 5.91 Å². The predicted molar refractivity (Wildman–Crippen MR) is 46.2 cm³/mol. The minimum Gasteiger partial charge on any atom is -0.391 e. The van der Waals surface area contributed by atoms with E-state index in [1.54, 1.807) is 4.90 Å². The third-order valence-electron chi connectivity index (χ3n) is 2.87. The maximum Gasteiger partial charge on any atom is 0.248 e. The number of aliphatic hydroxyl groups is 1. The predicted octanol–water partition coefficient (Wildman–Crippen LogP) is -0.241. The molecular weight excluding hydrogens is 170 g/mol. The van der Waals surface area contributed by atoms with Crippen LogP contribution >= 0.6 is 0 Å². The molecule has 0 unspecified atom stereocenters. The number of carbonyl (C=O) groups excluding carboxylic acids is 1. The van der Waals surface area contributed by atoms with Crippen molar-refractivity contribution in [1.82, 2.24) is 4.90 Å². The fraction of sp³-hybridized carbons (Fsp3) is 0.889. The van der Waals surface area contributed by atoms with Gasteiger partial charge in [-0.05, 0) is 19.3 Å². The largest absolute Gasteiger partial charge is 0.391 e. The molecule has 4 heteroatoms. The van der Waals surface area contributed by atoms with E-state index in [1.165, 1.54) is 0 Å². The van der Waals surface area contributed by atoms with Crippen molar-refractivity contribution in [3.8, 4) is 0 Å². The molecule has 1 amide bonds. The normalized spacial score (nSPS) is 35.5. The molecule has 2 aliphatic rings. The van der Waals surface area contributed by atoms with Gasteiger partial charge in [0, 0.05) is 6.54 Å². The molecule has 1 saturated carbocycles. The molecular formula is C9H15NO3. The molecule has 1 N–H and O–H groups in total. The average molecular weight is 185 g/mol. The second kappa shape index (κ2) is 3.64. The van der Waals surface area contributed by atoms with Gasteiger partial charge < -0.3 is 14.7 Å². The van der Waals surface area contributed by atoms with E-state index in [1.807, 2.05) is 0 Å². The van der Waals surface area contributed by atoms with Crippen LogP contribution in [0.5, 0.6) is 0 Å². The van der Waals surface area contributed by atoms with Gasteiger partial charge in [-0.25, -0.2) is 0 Å². The molecule has 2 rings (SSSR count). The Bertz CT molecular complexity index is 207. The third-order valence-corrected chi connectivity index (χ3v) is 2.87. The summed E-state index contributed by atoms with van der Waals surface area (Å²) in [6, 6.07) is 0.0522. The van der Waals surface area contributed by atoms with Gasteiger partial charge in [-0.3, -0.25) is 4.79 Å². The SMILES string of the molecule is O=C1COCCN1[C@H]1CCC[C@@H]1O. The van der Waals surface area contributed by atoms with Gasteiger partial charge >= 0.3 is 0 Å². The summed E-state index contributed by atoms with van der Waals surface area (Å²) in [5.41, 5.74) is 0. The second-order valence-electron chi connectivity index (χ2n) is 3.71. The Labute approximate surface area is 77.5 Å². The van der Waals surface area contributed by atoms with E-state index in [4.69, 9.17) is 4.74 Å². The average Bonchev–Trinajstić information content (AvgIpc) is 2.52. The van der Waals surface area contributed by atoms with Gasteiger partial charge in [-0.2, -0.15) is 0 Å². The van der Waals surface area contributed by atoms with Crippen LogP contribution in [0.2, 0.25) is 0 Å². The molecule has 13 heavy (non-hydrogen) atoms. The molecule has 74 valence electrons. The first-order valence-corrected chi connectivity index (χ1v) is 4.84. The van der Waals surface area contributed by atoms with Crippen LogP contribution in [0.15, 0.2) is 0 Å². The van der Waals surface area contributed by atoms with Crippen LogP contribution in [0.1, 0.15) is 19.3 Å². The number of ether oxygens (including phenoxy) is 1. The highest BCUT2D eigenvalue weighted by molar-refractivity contribution is 5.78. The monoisotopic (exact) mass is 185 g/mol. The van der Waals surface area contributed by atoms with E-state index in [-0.39, 0.29) is 24.7 Å². The summed E-state index contributed by atoms with van der Waals surface area (Å²) in [7, 11) is 0. The number of hydrogen-bond acceptors (Lipinski definition) is 3. The lowest BCUT2D eigenvalue weighted by Gasteiger charge is -2.33. The van der Waals surface area contributed by atoms with Crippen molar-refractivity contribution in [2.45, 2.75) is 31.4 Å². The molecule has 1 heterocycles. The highest BCUT2D eigenvalue weighted by atomic mass is 16.5. The van der Waals surface area contributed by atoms with Crippen LogP contribution < -0.4 is 0 Å². The van der Waals surface area contributed by atoms with E-state index in [0.717, 1.165) is 19.3 Å². The molecule has 2 fully saturated rings. The number of carbonyl (C=O) groups is 1. The summed E-state index contributed by atoms with van der Waals surface area (Å²) in [6.45, 7) is 1.43.